The van der Waals surface area contributed by atoms with Gasteiger partial charge in [-0.15, -0.1) is 0 Å². The molecule has 0 saturated heterocycles. The Kier molecular flexibility index (Phi) is 2.77. The number of hydrogen-bond donors (Lipinski definition) is 2. The number of benzene rings is 1. The molecular weight excluding hydrogens is 271 g/mol. The molecule has 2 aromatic rings. The number of aromatic nitrogens is 2. The van der Waals surface area contributed by atoms with Crippen LogP contribution < -0.4 is 5.32 Å². The summed E-state index contributed by atoms with van der Waals surface area (Å²) >= 11 is 0. The van der Waals surface area contributed by atoms with E-state index in [1.807, 2.05) is 0 Å². The zero-order chi connectivity index (χ0) is 14.3. The van der Waals surface area contributed by atoms with Crippen LogP contribution in [0.4, 0.5) is 18.9 Å². The lowest BCUT2D eigenvalue weighted by atomic mass is 9.87. The highest BCUT2D eigenvalue weighted by Crippen LogP contribution is 2.39. The Balaban J connectivity index is 2.08. The van der Waals surface area contributed by atoms with Gasteiger partial charge in [0.25, 0.3) is 0 Å². The number of amides is 1. The van der Waals surface area contributed by atoms with E-state index in [9.17, 15) is 18.0 Å². The standard InChI is InChI=1S/C13H10F3N3O/c14-13(15,16)7-1-2-8-9(10-3-4-17-19-10)6-12(20)18-11(8)5-7/h1-5,9H,6H2,(H,17,19)(H,18,20). The molecule has 1 aromatic carbocycles. The van der Waals surface area contributed by atoms with Gasteiger partial charge in [0.2, 0.25) is 5.91 Å². The van der Waals surface area contributed by atoms with Gasteiger partial charge in [-0.2, -0.15) is 18.3 Å². The number of carbonyl (C=O) groups is 1. The topological polar surface area (TPSA) is 57.8 Å². The van der Waals surface area contributed by atoms with E-state index >= 15 is 0 Å². The van der Waals surface area contributed by atoms with Crippen LogP contribution in [0.25, 0.3) is 0 Å². The maximum atomic E-state index is 12.7. The number of halogens is 3. The van der Waals surface area contributed by atoms with Crippen molar-refractivity contribution >= 4 is 11.6 Å². The monoisotopic (exact) mass is 281 g/mol. The SMILES string of the molecule is O=C1CC(c2ccn[nH]2)c2ccc(C(F)(F)F)cc2N1. The number of nitrogens with one attached hydrogen (secondary N) is 2. The minimum atomic E-state index is -4.43. The lowest BCUT2D eigenvalue weighted by Gasteiger charge is -2.25. The number of alkyl halides is 3. The van der Waals surface area contributed by atoms with E-state index in [0.29, 0.717) is 11.3 Å². The van der Waals surface area contributed by atoms with E-state index in [2.05, 4.69) is 15.5 Å². The summed E-state index contributed by atoms with van der Waals surface area (Å²) in [5.41, 5.74) is 0.792. The highest BCUT2D eigenvalue weighted by molar-refractivity contribution is 5.95. The van der Waals surface area contributed by atoms with Crippen LogP contribution in [0.3, 0.4) is 0 Å². The lowest BCUT2D eigenvalue weighted by Crippen LogP contribution is -2.24. The van der Waals surface area contributed by atoms with E-state index in [0.717, 1.165) is 12.1 Å². The molecule has 0 fully saturated rings. The van der Waals surface area contributed by atoms with Crippen LogP contribution in [-0.2, 0) is 11.0 Å². The third-order valence-corrected chi connectivity index (χ3v) is 3.32. The minimum Gasteiger partial charge on any atom is -0.326 e. The summed E-state index contributed by atoms with van der Waals surface area (Å²) in [5, 5.41) is 9.07. The highest BCUT2D eigenvalue weighted by atomic mass is 19.4. The van der Waals surface area contributed by atoms with Crippen LogP contribution in [0.5, 0.6) is 0 Å². The van der Waals surface area contributed by atoms with Crippen molar-refractivity contribution in [2.45, 2.75) is 18.5 Å². The number of carbonyl (C=O) groups excluding carboxylic acids is 1. The molecule has 1 aliphatic rings. The van der Waals surface area contributed by atoms with Gasteiger partial charge in [-0.25, -0.2) is 0 Å². The summed E-state index contributed by atoms with van der Waals surface area (Å²) in [7, 11) is 0. The van der Waals surface area contributed by atoms with Gasteiger partial charge in [0.15, 0.2) is 0 Å². The first-order chi connectivity index (χ1) is 9.45. The molecule has 0 aliphatic carbocycles. The van der Waals surface area contributed by atoms with E-state index in [-0.39, 0.29) is 23.9 Å². The Morgan fingerprint density at radius 1 is 1.25 bits per heavy atom. The van der Waals surface area contributed by atoms with Crippen molar-refractivity contribution in [3.8, 4) is 0 Å². The number of rotatable bonds is 1. The van der Waals surface area contributed by atoms with Crippen LogP contribution in [0.1, 0.15) is 29.2 Å². The Morgan fingerprint density at radius 2 is 2.05 bits per heavy atom. The van der Waals surface area contributed by atoms with Crippen molar-refractivity contribution in [2.75, 3.05) is 5.32 Å². The Hall–Kier alpha value is -2.31. The normalized spacial score (nSPS) is 18.6. The second-order valence-electron chi connectivity index (χ2n) is 4.62. The largest absolute Gasteiger partial charge is 0.416 e. The average molecular weight is 281 g/mol. The van der Waals surface area contributed by atoms with Gasteiger partial charge in [-0.1, -0.05) is 6.07 Å². The summed E-state index contributed by atoms with van der Waals surface area (Å²) < 4.78 is 38.1. The fourth-order valence-electron chi connectivity index (χ4n) is 2.38. The van der Waals surface area contributed by atoms with Gasteiger partial charge in [0, 0.05) is 29.9 Å². The van der Waals surface area contributed by atoms with Crippen molar-refractivity contribution in [2.24, 2.45) is 0 Å². The molecule has 3 rings (SSSR count). The number of H-pyrrole nitrogens is 1. The first-order valence-electron chi connectivity index (χ1n) is 5.95. The smallest absolute Gasteiger partial charge is 0.326 e. The highest BCUT2D eigenvalue weighted by Gasteiger charge is 2.34. The second-order valence-corrected chi connectivity index (χ2v) is 4.62. The van der Waals surface area contributed by atoms with Crippen molar-refractivity contribution < 1.29 is 18.0 Å². The number of aromatic amines is 1. The minimum absolute atomic E-state index is 0.181. The Bertz CT molecular complexity index is 649. The predicted molar refractivity (Wildman–Crippen MR) is 65.1 cm³/mol. The van der Waals surface area contributed by atoms with E-state index in [4.69, 9.17) is 0 Å². The van der Waals surface area contributed by atoms with Crippen LogP contribution in [-0.4, -0.2) is 16.1 Å². The molecule has 1 unspecified atom stereocenters. The van der Waals surface area contributed by atoms with Gasteiger partial charge >= 0.3 is 6.18 Å². The van der Waals surface area contributed by atoms with Crippen LogP contribution in [0.15, 0.2) is 30.5 Å². The summed E-state index contributed by atoms with van der Waals surface area (Å²) in [5.74, 6) is -0.611. The zero-order valence-corrected chi connectivity index (χ0v) is 10.2. The average Bonchev–Trinajstić information content (AvgIpc) is 2.89. The summed E-state index contributed by atoms with van der Waals surface area (Å²) in [4.78, 5) is 11.7. The van der Waals surface area contributed by atoms with Gasteiger partial charge in [-0.05, 0) is 23.8 Å². The molecule has 2 heterocycles. The number of fused-ring (bicyclic) bond motifs is 1. The summed E-state index contributed by atoms with van der Waals surface area (Å²) in [6.45, 7) is 0. The van der Waals surface area contributed by atoms with Crippen molar-refractivity contribution in [1.82, 2.24) is 10.2 Å². The maximum absolute atomic E-state index is 12.7. The van der Waals surface area contributed by atoms with Crippen molar-refractivity contribution in [3.63, 3.8) is 0 Å². The molecule has 0 bridgehead atoms. The number of anilines is 1. The molecule has 0 radical (unpaired) electrons. The van der Waals surface area contributed by atoms with Crippen LogP contribution >= 0.6 is 0 Å². The Labute approximate surface area is 112 Å². The van der Waals surface area contributed by atoms with Crippen LogP contribution in [0.2, 0.25) is 0 Å². The van der Waals surface area contributed by atoms with Gasteiger partial charge in [0.05, 0.1) is 5.56 Å². The molecule has 4 nitrogen and oxygen atoms in total. The molecule has 0 spiro atoms. The van der Waals surface area contributed by atoms with E-state index < -0.39 is 11.7 Å². The van der Waals surface area contributed by atoms with E-state index in [1.165, 1.54) is 6.07 Å². The molecule has 2 N–H and O–H groups in total. The quantitative estimate of drug-likeness (QED) is 0.844. The lowest BCUT2D eigenvalue weighted by molar-refractivity contribution is -0.137. The second kappa shape index (κ2) is 4.36. The third kappa shape index (κ3) is 2.15. The maximum Gasteiger partial charge on any atom is 0.416 e. The molecule has 104 valence electrons. The zero-order valence-electron chi connectivity index (χ0n) is 10.2. The molecule has 7 heteroatoms. The van der Waals surface area contributed by atoms with Gasteiger partial charge < -0.3 is 5.32 Å². The summed E-state index contributed by atoms with van der Waals surface area (Å²) in [6, 6.07) is 5.11. The first kappa shape index (κ1) is 12.7. The van der Waals surface area contributed by atoms with Gasteiger partial charge in [-0.3, -0.25) is 9.89 Å². The molecule has 1 atom stereocenters. The molecule has 1 aromatic heterocycles. The fraction of sp³-hybridized carbons (Fsp3) is 0.231. The molecule has 0 saturated carbocycles. The molecule has 1 amide bonds. The third-order valence-electron chi connectivity index (χ3n) is 3.32. The van der Waals surface area contributed by atoms with E-state index in [1.54, 1.807) is 12.3 Å². The number of hydrogen-bond acceptors (Lipinski definition) is 2. The first-order valence-corrected chi connectivity index (χ1v) is 5.95. The summed E-state index contributed by atoms with van der Waals surface area (Å²) in [6.07, 6.45) is -2.70. The van der Waals surface area contributed by atoms with Crippen molar-refractivity contribution in [1.29, 1.82) is 0 Å². The number of nitrogens with zero attached hydrogens (tertiary/aromatic N) is 1. The molecular formula is C13H10F3N3O. The molecule has 1 aliphatic heterocycles. The van der Waals surface area contributed by atoms with Gasteiger partial charge in [0.1, 0.15) is 0 Å². The molecule has 20 heavy (non-hydrogen) atoms. The fourth-order valence-corrected chi connectivity index (χ4v) is 2.38. The van der Waals surface area contributed by atoms with Crippen LogP contribution in [0, 0.1) is 0 Å². The Morgan fingerprint density at radius 3 is 2.70 bits per heavy atom. The van der Waals surface area contributed by atoms with Crippen molar-refractivity contribution in [3.05, 3.63) is 47.3 Å². The predicted octanol–water partition coefficient (Wildman–Crippen LogP) is 2.90.